The van der Waals surface area contributed by atoms with Gasteiger partial charge < -0.3 is 19.9 Å². The summed E-state index contributed by atoms with van der Waals surface area (Å²) in [4.78, 5) is 20.3. The molecule has 3 aromatic rings. The van der Waals surface area contributed by atoms with Crippen LogP contribution in [-0.2, 0) is 0 Å². The first kappa shape index (κ1) is 25.2. The van der Waals surface area contributed by atoms with Gasteiger partial charge in [-0.2, -0.15) is 0 Å². The monoisotopic (exact) mass is 498 g/mol. The fourth-order valence-corrected chi connectivity index (χ4v) is 5.64. The maximum absolute atomic E-state index is 12.7. The van der Waals surface area contributed by atoms with Gasteiger partial charge in [0.15, 0.2) is 0 Å². The summed E-state index contributed by atoms with van der Waals surface area (Å²) in [6.07, 6.45) is 2.34. The lowest BCUT2D eigenvalue weighted by Crippen LogP contribution is -2.53. The standard InChI is InChI=1S/C31H38N4O2/c1-24(25-8-4-3-5-9-25)32-31(36)26-12-14-27(15-13-26)33-18-16-28(17-19-33)34-20-22-35(23-21-34)29-10-6-7-11-30(29)37-2/h3-15,24,28H,16-23H2,1-2H3,(H,32,36). The summed E-state index contributed by atoms with van der Waals surface area (Å²) in [5.74, 6) is 0.923. The highest BCUT2D eigenvalue weighted by molar-refractivity contribution is 5.94. The maximum atomic E-state index is 12.7. The first-order chi connectivity index (χ1) is 18.1. The van der Waals surface area contributed by atoms with Crippen LogP contribution in [0.4, 0.5) is 11.4 Å². The van der Waals surface area contributed by atoms with E-state index in [1.807, 2.05) is 61.5 Å². The number of rotatable bonds is 7. The fraction of sp³-hybridized carbons (Fsp3) is 0.387. The highest BCUT2D eigenvalue weighted by Gasteiger charge is 2.28. The molecular weight excluding hydrogens is 460 g/mol. The molecule has 37 heavy (non-hydrogen) atoms. The van der Waals surface area contributed by atoms with E-state index in [0.717, 1.165) is 50.6 Å². The van der Waals surface area contributed by atoms with Gasteiger partial charge in [-0.05, 0) is 61.7 Å². The average Bonchev–Trinajstić information content (AvgIpc) is 2.98. The highest BCUT2D eigenvalue weighted by atomic mass is 16.5. The number of para-hydroxylation sites is 2. The molecule has 194 valence electrons. The number of benzene rings is 3. The van der Waals surface area contributed by atoms with Gasteiger partial charge in [-0.25, -0.2) is 0 Å². The molecule has 2 heterocycles. The molecule has 2 aliphatic rings. The molecular formula is C31H38N4O2. The Labute approximate surface area is 220 Å². The quantitative estimate of drug-likeness (QED) is 0.498. The molecule has 2 saturated heterocycles. The number of piperazine rings is 1. The zero-order chi connectivity index (χ0) is 25.6. The lowest BCUT2D eigenvalue weighted by atomic mass is 10.0. The molecule has 0 saturated carbocycles. The fourth-order valence-electron chi connectivity index (χ4n) is 5.64. The third-order valence-corrected chi connectivity index (χ3v) is 7.86. The molecule has 1 atom stereocenters. The first-order valence-electron chi connectivity index (χ1n) is 13.4. The van der Waals surface area contributed by atoms with Crippen LogP contribution in [0.5, 0.6) is 5.75 Å². The van der Waals surface area contributed by atoms with Crippen LogP contribution < -0.4 is 19.9 Å². The molecule has 1 unspecified atom stereocenters. The lowest BCUT2D eigenvalue weighted by Gasteiger charge is -2.44. The molecule has 1 amide bonds. The van der Waals surface area contributed by atoms with E-state index in [-0.39, 0.29) is 11.9 Å². The van der Waals surface area contributed by atoms with E-state index in [2.05, 4.69) is 44.3 Å². The van der Waals surface area contributed by atoms with Gasteiger partial charge in [-0.15, -0.1) is 0 Å². The number of nitrogens with zero attached hydrogens (tertiary/aromatic N) is 3. The topological polar surface area (TPSA) is 48.1 Å². The number of carbonyl (C=O) groups excluding carboxylic acids is 1. The van der Waals surface area contributed by atoms with Crippen LogP contribution >= 0.6 is 0 Å². The largest absolute Gasteiger partial charge is 0.495 e. The van der Waals surface area contributed by atoms with Gasteiger partial charge in [-0.1, -0.05) is 42.5 Å². The predicted octanol–water partition coefficient (Wildman–Crippen LogP) is 4.98. The average molecular weight is 499 g/mol. The van der Waals surface area contributed by atoms with Crippen molar-refractivity contribution in [1.29, 1.82) is 0 Å². The van der Waals surface area contributed by atoms with Gasteiger partial charge in [0.1, 0.15) is 5.75 Å². The Morgan fingerprint density at radius 2 is 1.46 bits per heavy atom. The molecule has 2 fully saturated rings. The van der Waals surface area contributed by atoms with Crippen LogP contribution in [0.3, 0.4) is 0 Å². The summed E-state index contributed by atoms with van der Waals surface area (Å²) in [5.41, 5.74) is 4.21. The van der Waals surface area contributed by atoms with E-state index in [0.29, 0.717) is 11.6 Å². The van der Waals surface area contributed by atoms with Crippen LogP contribution in [0, 0.1) is 0 Å². The summed E-state index contributed by atoms with van der Waals surface area (Å²) in [6.45, 7) is 8.37. The smallest absolute Gasteiger partial charge is 0.251 e. The van der Waals surface area contributed by atoms with Gasteiger partial charge in [-0.3, -0.25) is 9.69 Å². The van der Waals surface area contributed by atoms with Crippen molar-refractivity contribution in [1.82, 2.24) is 10.2 Å². The Bertz CT molecular complexity index is 1150. The normalized spacial score (nSPS) is 17.9. The van der Waals surface area contributed by atoms with Gasteiger partial charge in [0, 0.05) is 56.6 Å². The molecule has 5 rings (SSSR count). The number of anilines is 2. The van der Waals surface area contributed by atoms with Crippen LogP contribution in [0.1, 0.15) is 41.7 Å². The van der Waals surface area contributed by atoms with Gasteiger partial charge in [0.05, 0.1) is 18.8 Å². The summed E-state index contributed by atoms with van der Waals surface area (Å²) in [5, 5.41) is 3.10. The number of piperidine rings is 1. The number of amides is 1. The summed E-state index contributed by atoms with van der Waals surface area (Å²) in [7, 11) is 1.75. The molecule has 0 aromatic heterocycles. The number of methoxy groups -OCH3 is 1. The molecule has 6 heteroatoms. The molecule has 0 bridgehead atoms. The molecule has 1 N–H and O–H groups in total. The lowest BCUT2D eigenvalue weighted by molar-refractivity contribution is 0.0940. The van der Waals surface area contributed by atoms with Crippen LogP contribution in [0.2, 0.25) is 0 Å². The van der Waals surface area contributed by atoms with Crippen LogP contribution in [0.25, 0.3) is 0 Å². The second kappa shape index (κ2) is 11.7. The third-order valence-electron chi connectivity index (χ3n) is 7.86. The molecule has 3 aromatic carbocycles. The van der Waals surface area contributed by atoms with Gasteiger partial charge in [0.2, 0.25) is 0 Å². The number of carbonyl (C=O) groups is 1. The summed E-state index contributed by atoms with van der Waals surface area (Å²) < 4.78 is 5.57. The van der Waals surface area contributed by atoms with Crippen molar-refractivity contribution < 1.29 is 9.53 Å². The SMILES string of the molecule is COc1ccccc1N1CCN(C2CCN(c3ccc(C(=O)NC(C)c4ccccc4)cc3)CC2)CC1. The van der Waals surface area contributed by atoms with E-state index in [1.165, 1.54) is 24.2 Å². The van der Waals surface area contributed by atoms with Crippen molar-refractivity contribution >= 4 is 17.3 Å². The zero-order valence-electron chi connectivity index (χ0n) is 22.0. The number of nitrogens with one attached hydrogen (secondary N) is 1. The zero-order valence-corrected chi connectivity index (χ0v) is 22.0. The minimum Gasteiger partial charge on any atom is -0.495 e. The van der Waals surface area contributed by atoms with Crippen molar-refractivity contribution in [3.63, 3.8) is 0 Å². The van der Waals surface area contributed by atoms with Crippen molar-refractivity contribution in [3.8, 4) is 5.75 Å². The van der Waals surface area contributed by atoms with E-state index >= 15 is 0 Å². The van der Waals surface area contributed by atoms with Gasteiger partial charge in [0.25, 0.3) is 5.91 Å². The van der Waals surface area contributed by atoms with Crippen molar-refractivity contribution in [2.75, 3.05) is 56.2 Å². The third kappa shape index (κ3) is 5.91. The second-order valence-corrected chi connectivity index (χ2v) is 10.1. The Morgan fingerprint density at radius 3 is 2.14 bits per heavy atom. The van der Waals surface area contributed by atoms with Gasteiger partial charge >= 0.3 is 0 Å². The molecule has 6 nitrogen and oxygen atoms in total. The number of ether oxygens (including phenoxy) is 1. The van der Waals surface area contributed by atoms with Crippen molar-refractivity contribution in [2.45, 2.75) is 31.8 Å². The molecule has 0 spiro atoms. The predicted molar refractivity (Wildman–Crippen MR) is 151 cm³/mol. The Balaban J connectivity index is 1.10. The van der Waals surface area contributed by atoms with Crippen LogP contribution in [0.15, 0.2) is 78.9 Å². The Morgan fingerprint density at radius 1 is 0.811 bits per heavy atom. The van der Waals surface area contributed by atoms with E-state index in [1.54, 1.807) is 7.11 Å². The van der Waals surface area contributed by atoms with Crippen molar-refractivity contribution in [2.24, 2.45) is 0 Å². The summed E-state index contributed by atoms with van der Waals surface area (Å²) >= 11 is 0. The second-order valence-electron chi connectivity index (χ2n) is 10.1. The van der Waals surface area contributed by atoms with Crippen LogP contribution in [-0.4, -0.2) is 63.2 Å². The minimum absolute atomic E-state index is 0.0241. The Hall–Kier alpha value is -3.51. The minimum atomic E-state index is -0.0334. The summed E-state index contributed by atoms with van der Waals surface area (Å²) in [6, 6.07) is 27.1. The Kier molecular flexibility index (Phi) is 7.95. The molecule has 0 aliphatic carbocycles. The first-order valence-corrected chi connectivity index (χ1v) is 13.4. The number of hydrogen-bond donors (Lipinski definition) is 1. The van der Waals surface area contributed by atoms with E-state index < -0.39 is 0 Å². The highest BCUT2D eigenvalue weighted by Crippen LogP contribution is 2.30. The van der Waals surface area contributed by atoms with E-state index in [9.17, 15) is 4.79 Å². The van der Waals surface area contributed by atoms with E-state index in [4.69, 9.17) is 4.74 Å². The van der Waals surface area contributed by atoms with Crippen molar-refractivity contribution in [3.05, 3.63) is 90.0 Å². The number of hydrogen-bond acceptors (Lipinski definition) is 5. The maximum Gasteiger partial charge on any atom is 0.251 e. The molecule has 2 aliphatic heterocycles. The molecule has 0 radical (unpaired) electrons.